The standard InChI is InChI=1S/C16H15F5/c1-2-4-8-7-10-9-5-3-6-11(17)12(9)14(18)15(19)13(10)16(8,20)21/h3,5,8,11H,2,4,6-7H2,1H3. The Kier molecular flexibility index (Phi) is 3.34. The molecule has 0 saturated heterocycles. The molecule has 0 radical (unpaired) electrons. The lowest BCUT2D eigenvalue weighted by Gasteiger charge is -2.22. The maximum Gasteiger partial charge on any atom is 0.279 e. The molecule has 21 heavy (non-hydrogen) atoms. The van der Waals surface area contributed by atoms with Crippen molar-refractivity contribution in [2.45, 2.75) is 44.7 Å². The van der Waals surface area contributed by atoms with Gasteiger partial charge in [-0.2, -0.15) is 0 Å². The van der Waals surface area contributed by atoms with Crippen molar-refractivity contribution in [1.29, 1.82) is 0 Å². The van der Waals surface area contributed by atoms with Gasteiger partial charge in [0.25, 0.3) is 5.92 Å². The van der Waals surface area contributed by atoms with Gasteiger partial charge in [-0.05, 0) is 24.0 Å². The highest BCUT2D eigenvalue weighted by Crippen LogP contribution is 2.52. The van der Waals surface area contributed by atoms with Crippen LogP contribution in [0.25, 0.3) is 6.08 Å². The van der Waals surface area contributed by atoms with Crippen molar-refractivity contribution in [3.63, 3.8) is 0 Å². The van der Waals surface area contributed by atoms with E-state index in [0.717, 1.165) is 0 Å². The lowest BCUT2D eigenvalue weighted by Crippen LogP contribution is -2.22. The van der Waals surface area contributed by atoms with Crippen molar-refractivity contribution in [2.24, 2.45) is 5.92 Å². The first-order valence-corrected chi connectivity index (χ1v) is 7.12. The summed E-state index contributed by atoms with van der Waals surface area (Å²) in [6, 6.07) is 0. The molecule has 1 aromatic carbocycles. The zero-order valence-electron chi connectivity index (χ0n) is 11.5. The summed E-state index contributed by atoms with van der Waals surface area (Å²) >= 11 is 0. The van der Waals surface area contributed by atoms with Crippen LogP contribution in [0.1, 0.15) is 54.6 Å². The molecular formula is C16H15F5. The van der Waals surface area contributed by atoms with E-state index in [1.165, 1.54) is 12.2 Å². The molecule has 0 spiro atoms. The second-order valence-electron chi connectivity index (χ2n) is 5.73. The van der Waals surface area contributed by atoms with E-state index in [-0.39, 0.29) is 30.4 Å². The normalized spacial score (nSPS) is 25.8. The highest BCUT2D eigenvalue weighted by Gasteiger charge is 2.52. The first-order chi connectivity index (χ1) is 9.89. The minimum atomic E-state index is -3.40. The Balaban J connectivity index is 2.26. The summed E-state index contributed by atoms with van der Waals surface area (Å²) in [4.78, 5) is 0. The number of allylic oxidation sites excluding steroid dienone is 1. The summed E-state index contributed by atoms with van der Waals surface area (Å²) in [5.74, 6) is -7.49. The third-order valence-corrected chi connectivity index (χ3v) is 4.44. The quantitative estimate of drug-likeness (QED) is 0.637. The van der Waals surface area contributed by atoms with E-state index in [0.29, 0.717) is 6.42 Å². The Morgan fingerprint density at radius 1 is 1.24 bits per heavy atom. The van der Waals surface area contributed by atoms with Gasteiger partial charge in [-0.25, -0.2) is 22.0 Å². The molecule has 0 bridgehead atoms. The van der Waals surface area contributed by atoms with Gasteiger partial charge in [0.05, 0.1) is 5.56 Å². The summed E-state index contributed by atoms with van der Waals surface area (Å²) < 4.78 is 70.8. The van der Waals surface area contributed by atoms with Crippen LogP contribution in [0, 0.1) is 17.6 Å². The molecule has 0 aliphatic heterocycles. The SMILES string of the molecule is CCCC1Cc2c3c(c(F)c(F)c2C1(F)F)C(F)CC=C3. The smallest absolute Gasteiger partial charge is 0.242 e. The van der Waals surface area contributed by atoms with Crippen molar-refractivity contribution in [1.82, 2.24) is 0 Å². The van der Waals surface area contributed by atoms with Crippen LogP contribution in [0.3, 0.4) is 0 Å². The monoisotopic (exact) mass is 302 g/mol. The van der Waals surface area contributed by atoms with E-state index in [1.54, 1.807) is 6.92 Å². The number of benzene rings is 1. The molecule has 2 unspecified atom stereocenters. The van der Waals surface area contributed by atoms with Crippen LogP contribution in [0.5, 0.6) is 0 Å². The number of hydrogen-bond acceptors (Lipinski definition) is 0. The van der Waals surface area contributed by atoms with E-state index < -0.39 is 40.8 Å². The molecule has 2 aliphatic carbocycles. The lowest BCUT2D eigenvalue weighted by molar-refractivity contribution is -0.0581. The van der Waals surface area contributed by atoms with Gasteiger partial charge < -0.3 is 0 Å². The molecular weight excluding hydrogens is 287 g/mol. The van der Waals surface area contributed by atoms with E-state index in [2.05, 4.69) is 0 Å². The zero-order valence-corrected chi connectivity index (χ0v) is 11.5. The Bertz CT molecular complexity index is 618. The lowest BCUT2D eigenvalue weighted by atomic mass is 9.88. The molecule has 3 rings (SSSR count). The van der Waals surface area contributed by atoms with Crippen LogP contribution in [0.2, 0.25) is 0 Å². The van der Waals surface area contributed by atoms with Crippen molar-refractivity contribution in [3.8, 4) is 0 Å². The number of alkyl halides is 3. The van der Waals surface area contributed by atoms with Gasteiger partial charge in [0.15, 0.2) is 11.6 Å². The van der Waals surface area contributed by atoms with Crippen molar-refractivity contribution in [3.05, 3.63) is 40.0 Å². The molecule has 0 fully saturated rings. The Morgan fingerprint density at radius 2 is 1.95 bits per heavy atom. The van der Waals surface area contributed by atoms with E-state index in [4.69, 9.17) is 0 Å². The molecule has 2 atom stereocenters. The highest BCUT2D eigenvalue weighted by atomic mass is 19.3. The molecule has 2 aliphatic rings. The third-order valence-electron chi connectivity index (χ3n) is 4.44. The minimum Gasteiger partial charge on any atom is -0.242 e. The first-order valence-electron chi connectivity index (χ1n) is 7.12. The molecule has 0 aromatic heterocycles. The molecule has 0 heterocycles. The fraction of sp³-hybridized carbons (Fsp3) is 0.500. The van der Waals surface area contributed by atoms with Gasteiger partial charge in [-0.15, -0.1) is 0 Å². The van der Waals surface area contributed by atoms with Gasteiger partial charge >= 0.3 is 0 Å². The fourth-order valence-corrected chi connectivity index (χ4v) is 3.47. The van der Waals surface area contributed by atoms with Gasteiger partial charge in [0, 0.05) is 17.9 Å². The largest absolute Gasteiger partial charge is 0.279 e. The number of hydrogen-bond donors (Lipinski definition) is 0. The van der Waals surface area contributed by atoms with Crippen LogP contribution in [-0.2, 0) is 12.3 Å². The molecule has 114 valence electrons. The van der Waals surface area contributed by atoms with Crippen LogP contribution in [0.15, 0.2) is 6.08 Å². The zero-order chi connectivity index (χ0) is 15.4. The second kappa shape index (κ2) is 4.82. The second-order valence-corrected chi connectivity index (χ2v) is 5.73. The molecule has 0 nitrogen and oxygen atoms in total. The van der Waals surface area contributed by atoms with Crippen LogP contribution in [-0.4, -0.2) is 0 Å². The Morgan fingerprint density at radius 3 is 2.62 bits per heavy atom. The summed E-state index contributed by atoms with van der Waals surface area (Å²) in [6.07, 6.45) is 1.91. The van der Waals surface area contributed by atoms with Crippen LogP contribution < -0.4 is 0 Å². The molecule has 0 amide bonds. The summed E-state index contributed by atoms with van der Waals surface area (Å²) in [7, 11) is 0. The molecule has 1 aromatic rings. The van der Waals surface area contributed by atoms with Gasteiger partial charge in [0.1, 0.15) is 6.17 Å². The minimum absolute atomic E-state index is 0.0350. The predicted octanol–water partition coefficient (Wildman–Crippen LogP) is 5.46. The average Bonchev–Trinajstić information content (AvgIpc) is 2.68. The Labute approximate surface area is 119 Å². The fourth-order valence-electron chi connectivity index (χ4n) is 3.47. The Hall–Kier alpha value is -1.39. The van der Waals surface area contributed by atoms with Gasteiger partial charge in [-0.1, -0.05) is 25.5 Å². The topological polar surface area (TPSA) is 0 Å². The third kappa shape index (κ3) is 1.93. The van der Waals surface area contributed by atoms with Gasteiger partial charge in [-0.3, -0.25) is 0 Å². The van der Waals surface area contributed by atoms with E-state index >= 15 is 0 Å². The maximum atomic E-state index is 14.4. The number of rotatable bonds is 2. The number of halogens is 5. The van der Waals surface area contributed by atoms with Crippen molar-refractivity contribution in [2.75, 3.05) is 0 Å². The summed E-state index contributed by atoms with van der Waals surface area (Å²) in [6.45, 7) is 1.77. The van der Waals surface area contributed by atoms with Crippen molar-refractivity contribution < 1.29 is 22.0 Å². The maximum absolute atomic E-state index is 14.4. The molecule has 5 heteroatoms. The molecule has 0 saturated carbocycles. The summed E-state index contributed by atoms with van der Waals surface area (Å²) in [5, 5.41) is 0. The highest BCUT2D eigenvalue weighted by molar-refractivity contribution is 5.65. The summed E-state index contributed by atoms with van der Waals surface area (Å²) in [5.41, 5.74) is -1.08. The number of fused-ring (bicyclic) bond motifs is 3. The first kappa shape index (κ1) is 14.5. The average molecular weight is 302 g/mol. The van der Waals surface area contributed by atoms with Gasteiger partial charge in [0.2, 0.25) is 0 Å². The van der Waals surface area contributed by atoms with Crippen molar-refractivity contribution >= 4 is 6.08 Å². The van der Waals surface area contributed by atoms with E-state index in [1.807, 2.05) is 0 Å². The van der Waals surface area contributed by atoms with Crippen LogP contribution >= 0.6 is 0 Å². The predicted molar refractivity (Wildman–Crippen MR) is 69.9 cm³/mol. The van der Waals surface area contributed by atoms with E-state index in [9.17, 15) is 22.0 Å². The van der Waals surface area contributed by atoms with Crippen LogP contribution in [0.4, 0.5) is 22.0 Å². The molecule has 0 N–H and O–H groups in total.